The fraction of sp³-hybridized carbons (Fsp3) is 0.462. The van der Waals surface area contributed by atoms with Crippen molar-refractivity contribution in [2.75, 3.05) is 29.9 Å². The highest BCUT2D eigenvalue weighted by molar-refractivity contribution is 6.39. The number of fused-ring (bicyclic) bond motifs is 1. The Balaban J connectivity index is 1.60. The van der Waals surface area contributed by atoms with Crippen LogP contribution < -0.4 is 15.5 Å². The number of hydrogen-bond acceptors (Lipinski definition) is 5. The highest BCUT2D eigenvalue weighted by Gasteiger charge is 2.42. The lowest BCUT2D eigenvalue weighted by Gasteiger charge is -2.35. The molecule has 1 aliphatic heterocycles. The summed E-state index contributed by atoms with van der Waals surface area (Å²) in [5.74, 6) is -0.941. The van der Waals surface area contributed by atoms with E-state index in [0.29, 0.717) is 69.5 Å². The number of aromatic nitrogens is 2. The van der Waals surface area contributed by atoms with E-state index in [1.165, 1.54) is 0 Å². The second kappa shape index (κ2) is 11.0. The Labute approximate surface area is 234 Å². The maximum Gasteiger partial charge on any atom is 0.393 e. The lowest BCUT2D eigenvalue weighted by Crippen LogP contribution is -2.41. The molecule has 4 rings (SSSR count). The molecule has 1 saturated heterocycles. The van der Waals surface area contributed by atoms with Crippen LogP contribution in [0.3, 0.4) is 0 Å². The number of alkyl halides is 3. The zero-order valence-corrected chi connectivity index (χ0v) is 23.5. The Morgan fingerprint density at radius 1 is 1.16 bits per heavy atom. The van der Waals surface area contributed by atoms with Gasteiger partial charge >= 0.3 is 6.18 Å². The molecule has 1 aromatic heterocycles. The van der Waals surface area contributed by atoms with Crippen LogP contribution in [-0.2, 0) is 13.6 Å². The summed E-state index contributed by atoms with van der Waals surface area (Å²) in [7, 11) is 1.79. The third kappa shape index (κ3) is 6.09. The minimum absolute atomic E-state index is 0.117. The monoisotopic (exact) mass is 586 g/mol. The number of halogens is 6. The van der Waals surface area contributed by atoms with E-state index in [9.17, 15) is 18.4 Å². The minimum atomic E-state index is -4.24. The van der Waals surface area contributed by atoms with Crippen molar-refractivity contribution >= 4 is 63.2 Å². The molecule has 3 aromatic rings. The van der Waals surface area contributed by atoms with Gasteiger partial charge in [-0.15, -0.1) is 0 Å². The Morgan fingerprint density at radius 2 is 1.89 bits per heavy atom. The number of aryl methyl sites for hydroxylation is 1. The van der Waals surface area contributed by atoms with Gasteiger partial charge in [0.25, 0.3) is 0 Å². The van der Waals surface area contributed by atoms with Gasteiger partial charge in [0.05, 0.1) is 54.9 Å². The number of hydrogen-bond donors (Lipinski definition) is 2. The number of piperidine rings is 1. The fourth-order valence-corrected chi connectivity index (χ4v) is 5.34. The topological polar surface area (TPSA) is 68.9 Å². The van der Waals surface area contributed by atoms with E-state index in [1.54, 1.807) is 34.7 Å². The Bertz CT molecular complexity index is 1380. The van der Waals surface area contributed by atoms with Gasteiger partial charge in [0.2, 0.25) is 5.95 Å². The smallest absolute Gasteiger partial charge is 0.370 e. The van der Waals surface area contributed by atoms with Gasteiger partial charge in [0.15, 0.2) is 0 Å². The van der Waals surface area contributed by atoms with Gasteiger partial charge in [-0.3, -0.25) is 0 Å². The number of nitrogens with one attached hydrogen (secondary N) is 2. The van der Waals surface area contributed by atoms with Crippen LogP contribution in [0.25, 0.3) is 11.0 Å². The summed E-state index contributed by atoms with van der Waals surface area (Å²) in [5.41, 5.74) is 2.57. The van der Waals surface area contributed by atoms with Gasteiger partial charge in [-0.2, -0.15) is 18.4 Å². The molecule has 0 saturated carbocycles. The lowest BCUT2D eigenvalue weighted by atomic mass is 9.96. The first-order valence-corrected chi connectivity index (χ1v) is 13.3. The van der Waals surface area contributed by atoms with Crippen molar-refractivity contribution in [2.45, 2.75) is 39.4 Å². The van der Waals surface area contributed by atoms with Gasteiger partial charge in [-0.1, -0.05) is 40.9 Å². The van der Waals surface area contributed by atoms with Gasteiger partial charge in [0, 0.05) is 33.2 Å². The largest absolute Gasteiger partial charge is 0.393 e. The summed E-state index contributed by atoms with van der Waals surface area (Å²) < 4.78 is 41.9. The summed E-state index contributed by atoms with van der Waals surface area (Å²) in [6.45, 7) is 4.99. The molecule has 0 bridgehead atoms. The third-order valence-corrected chi connectivity index (χ3v) is 7.82. The van der Waals surface area contributed by atoms with Crippen molar-refractivity contribution in [3.05, 3.63) is 44.9 Å². The zero-order valence-electron chi connectivity index (χ0n) is 21.2. The predicted octanol–water partition coefficient (Wildman–Crippen LogP) is 7.70. The molecule has 1 atom stereocenters. The van der Waals surface area contributed by atoms with E-state index < -0.39 is 17.5 Å². The molecule has 1 fully saturated rings. The van der Waals surface area contributed by atoms with Gasteiger partial charge < -0.3 is 20.1 Å². The molecule has 2 aromatic carbocycles. The van der Waals surface area contributed by atoms with Crippen molar-refractivity contribution in [3.63, 3.8) is 0 Å². The SMILES string of the molecule is Cn1c(Nc2c(Cl)ccc(CNCC(C)(C)C#N)c2Cl)nc2cc(Cl)c(N3CCCC(C(F)(F)F)C3)cc21. The predicted molar refractivity (Wildman–Crippen MR) is 148 cm³/mol. The van der Waals surface area contributed by atoms with Crippen LogP contribution in [0.4, 0.5) is 30.5 Å². The number of nitrogens with zero attached hydrogens (tertiary/aromatic N) is 4. The molecular weight excluding hydrogens is 560 g/mol. The molecule has 0 aliphatic carbocycles. The van der Waals surface area contributed by atoms with Crippen LogP contribution >= 0.6 is 34.8 Å². The molecule has 38 heavy (non-hydrogen) atoms. The van der Waals surface area contributed by atoms with Crippen LogP contribution in [0, 0.1) is 22.7 Å². The number of imidazole rings is 1. The summed E-state index contributed by atoms with van der Waals surface area (Å²) in [5, 5.41) is 16.8. The summed E-state index contributed by atoms with van der Waals surface area (Å²) in [4.78, 5) is 6.32. The quantitative estimate of drug-likeness (QED) is 0.297. The number of nitriles is 1. The van der Waals surface area contributed by atoms with Crippen LogP contribution in [0.5, 0.6) is 0 Å². The number of anilines is 3. The Kier molecular flexibility index (Phi) is 8.29. The van der Waals surface area contributed by atoms with Crippen molar-refractivity contribution < 1.29 is 13.2 Å². The summed E-state index contributed by atoms with van der Waals surface area (Å²) in [6.07, 6.45) is -3.69. The van der Waals surface area contributed by atoms with E-state index in [1.807, 2.05) is 19.9 Å². The van der Waals surface area contributed by atoms with Crippen LogP contribution in [0.2, 0.25) is 15.1 Å². The van der Waals surface area contributed by atoms with E-state index >= 15 is 0 Å². The molecule has 0 radical (unpaired) electrons. The average Bonchev–Trinajstić information content (AvgIpc) is 3.16. The first-order valence-electron chi connectivity index (χ1n) is 12.1. The molecule has 0 amide bonds. The summed E-state index contributed by atoms with van der Waals surface area (Å²) >= 11 is 19.7. The van der Waals surface area contributed by atoms with Crippen LogP contribution in [0.1, 0.15) is 32.3 Å². The van der Waals surface area contributed by atoms with Crippen molar-refractivity contribution in [1.29, 1.82) is 5.26 Å². The maximum absolute atomic E-state index is 13.4. The first-order chi connectivity index (χ1) is 17.8. The van der Waals surface area contributed by atoms with E-state index in [-0.39, 0.29) is 13.0 Å². The standard InChI is InChI=1S/C26H28Cl3F3N6/c1-25(2,13-33)14-34-11-15-6-7-17(27)23(22(15)29)36-24-35-19-9-18(28)20(10-21(19)37(24)3)38-8-4-5-16(12-38)26(30,31)32/h6-7,9-10,16,34H,4-5,8,11-12,14H2,1-3H3,(H,35,36). The third-order valence-electron chi connectivity index (χ3n) is 6.77. The van der Waals surface area contributed by atoms with Gasteiger partial charge in [-0.05, 0) is 50.5 Å². The Hall–Kier alpha value is -2.38. The van der Waals surface area contributed by atoms with Gasteiger partial charge in [0.1, 0.15) is 0 Å². The lowest BCUT2D eigenvalue weighted by molar-refractivity contribution is -0.175. The first kappa shape index (κ1) is 28.6. The van der Waals surface area contributed by atoms with Crippen molar-refractivity contribution in [3.8, 4) is 6.07 Å². The molecule has 0 spiro atoms. The molecule has 6 nitrogen and oxygen atoms in total. The van der Waals surface area contributed by atoms with Crippen LogP contribution in [-0.4, -0.2) is 35.4 Å². The molecule has 2 heterocycles. The molecule has 1 aliphatic rings. The maximum atomic E-state index is 13.4. The normalized spacial score (nSPS) is 16.6. The Morgan fingerprint density at radius 3 is 2.58 bits per heavy atom. The second-order valence-corrected chi connectivity index (χ2v) is 11.4. The average molecular weight is 588 g/mol. The van der Waals surface area contributed by atoms with E-state index in [0.717, 1.165) is 5.56 Å². The minimum Gasteiger partial charge on any atom is -0.370 e. The highest BCUT2D eigenvalue weighted by atomic mass is 35.5. The van der Waals surface area contributed by atoms with E-state index in [4.69, 9.17) is 34.8 Å². The fourth-order valence-electron chi connectivity index (χ4n) is 4.53. The molecule has 2 N–H and O–H groups in total. The highest BCUT2D eigenvalue weighted by Crippen LogP contribution is 2.40. The molecule has 12 heteroatoms. The second-order valence-electron chi connectivity index (χ2n) is 10.2. The number of benzene rings is 2. The van der Waals surface area contributed by atoms with Crippen molar-refractivity contribution in [2.24, 2.45) is 18.4 Å². The van der Waals surface area contributed by atoms with Crippen LogP contribution in [0.15, 0.2) is 24.3 Å². The van der Waals surface area contributed by atoms with Gasteiger partial charge in [-0.25, -0.2) is 4.98 Å². The molecule has 204 valence electrons. The van der Waals surface area contributed by atoms with Crippen molar-refractivity contribution in [1.82, 2.24) is 14.9 Å². The summed E-state index contributed by atoms with van der Waals surface area (Å²) in [6, 6.07) is 9.23. The zero-order chi connectivity index (χ0) is 27.8. The number of rotatable bonds is 7. The van der Waals surface area contributed by atoms with E-state index in [2.05, 4.69) is 21.7 Å². The molecular formula is C26H28Cl3F3N6. The molecule has 1 unspecified atom stereocenters.